The van der Waals surface area contributed by atoms with Crippen molar-refractivity contribution in [3.05, 3.63) is 59.2 Å². The fraction of sp³-hybridized carbons (Fsp3) is 0.409. The monoisotopic (exact) mass is 366 g/mol. The maximum atomic E-state index is 13.6. The van der Waals surface area contributed by atoms with Crippen LogP contribution in [0.1, 0.15) is 61.8 Å². The number of aryl methyl sites for hydroxylation is 1. The van der Waals surface area contributed by atoms with Gasteiger partial charge in [0.25, 0.3) is 0 Å². The number of halogens is 1. The van der Waals surface area contributed by atoms with E-state index in [1.807, 2.05) is 6.20 Å². The standard InChI is InChI=1S/C22H23FN2O2/c1-2-3-15-4-11-21(25-14-15)16-5-7-17(8-6-16)22(26)27-19-10-9-18(13-24)20(23)12-19/h4,9-12,14,16-17H,2-3,5-8H2,1H3. The number of rotatable bonds is 5. The number of hydrogen-bond acceptors (Lipinski definition) is 4. The highest BCUT2D eigenvalue weighted by Gasteiger charge is 2.29. The molecule has 0 amide bonds. The molecule has 0 atom stereocenters. The van der Waals surface area contributed by atoms with E-state index in [9.17, 15) is 9.18 Å². The molecule has 0 spiro atoms. The summed E-state index contributed by atoms with van der Waals surface area (Å²) in [5, 5.41) is 8.75. The van der Waals surface area contributed by atoms with Gasteiger partial charge < -0.3 is 4.74 Å². The first-order valence-corrected chi connectivity index (χ1v) is 9.47. The molecule has 0 unspecified atom stereocenters. The Morgan fingerprint density at radius 1 is 1.26 bits per heavy atom. The van der Waals surface area contributed by atoms with Gasteiger partial charge in [-0.3, -0.25) is 9.78 Å². The maximum absolute atomic E-state index is 13.6. The second-order valence-electron chi connectivity index (χ2n) is 7.06. The second-order valence-corrected chi connectivity index (χ2v) is 7.06. The zero-order valence-electron chi connectivity index (χ0n) is 15.5. The molecule has 5 heteroatoms. The Kier molecular flexibility index (Phi) is 6.18. The number of carbonyl (C=O) groups excluding carboxylic acids is 1. The molecular formula is C22H23FN2O2. The third-order valence-corrected chi connectivity index (χ3v) is 5.14. The summed E-state index contributed by atoms with van der Waals surface area (Å²) in [5.41, 5.74) is 2.29. The van der Waals surface area contributed by atoms with E-state index in [-0.39, 0.29) is 23.2 Å². The minimum Gasteiger partial charge on any atom is -0.426 e. The zero-order chi connectivity index (χ0) is 19.2. The van der Waals surface area contributed by atoms with Gasteiger partial charge in [-0.25, -0.2) is 4.39 Å². The van der Waals surface area contributed by atoms with E-state index >= 15 is 0 Å². The highest BCUT2D eigenvalue weighted by Crippen LogP contribution is 2.35. The van der Waals surface area contributed by atoms with Gasteiger partial charge in [-0.15, -0.1) is 0 Å². The lowest BCUT2D eigenvalue weighted by atomic mass is 9.80. The Balaban J connectivity index is 1.54. The van der Waals surface area contributed by atoms with E-state index in [1.54, 1.807) is 6.07 Å². The van der Waals surface area contributed by atoms with Gasteiger partial charge in [-0.05, 0) is 55.9 Å². The molecule has 0 saturated heterocycles. The van der Waals surface area contributed by atoms with Crippen molar-refractivity contribution in [2.24, 2.45) is 5.92 Å². The summed E-state index contributed by atoms with van der Waals surface area (Å²) in [4.78, 5) is 17.0. The van der Waals surface area contributed by atoms with Gasteiger partial charge in [0, 0.05) is 23.9 Å². The highest BCUT2D eigenvalue weighted by atomic mass is 19.1. The SMILES string of the molecule is CCCc1ccc(C2CCC(C(=O)Oc3ccc(C#N)c(F)c3)CC2)nc1. The lowest BCUT2D eigenvalue weighted by Crippen LogP contribution is -2.25. The summed E-state index contributed by atoms with van der Waals surface area (Å²) >= 11 is 0. The number of benzene rings is 1. The number of esters is 1. The Morgan fingerprint density at radius 2 is 2.04 bits per heavy atom. The lowest BCUT2D eigenvalue weighted by molar-refractivity contribution is -0.140. The van der Waals surface area contributed by atoms with Crippen LogP contribution in [-0.4, -0.2) is 11.0 Å². The summed E-state index contributed by atoms with van der Waals surface area (Å²) in [6, 6.07) is 9.86. The molecule has 1 aliphatic carbocycles. The van der Waals surface area contributed by atoms with E-state index in [1.165, 1.54) is 17.7 Å². The Hall–Kier alpha value is -2.74. The number of aromatic nitrogens is 1. The normalized spacial score (nSPS) is 19.3. The van der Waals surface area contributed by atoms with Crippen molar-refractivity contribution in [1.29, 1.82) is 5.26 Å². The molecule has 1 aliphatic rings. The van der Waals surface area contributed by atoms with Gasteiger partial charge in [0.2, 0.25) is 0 Å². The predicted molar refractivity (Wildman–Crippen MR) is 99.7 cm³/mol. The molecule has 0 radical (unpaired) electrons. The van der Waals surface area contributed by atoms with Gasteiger partial charge in [-0.2, -0.15) is 5.26 Å². The quantitative estimate of drug-likeness (QED) is 0.556. The molecule has 1 fully saturated rings. The van der Waals surface area contributed by atoms with Crippen LogP contribution < -0.4 is 4.74 Å². The third-order valence-electron chi connectivity index (χ3n) is 5.14. The molecule has 4 nitrogen and oxygen atoms in total. The number of ether oxygens (including phenoxy) is 1. The first-order chi connectivity index (χ1) is 13.1. The van der Waals surface area contributed by atoms with Crippen molar-refractivity contribution in [2.75, 3.05) is 0 Å². The van der Waals surface area contributed by atoms with Crippen LogP contribution in [0.15, 0.2) is 36.5 Å². The molecule has 1 saturated carbocycles. The van der Waals surface area contributed by atoms with Crippen LogP contribution in [0.3, 0.4) is 0 Å². The summed E-state index contributed by atoms with van der Waals surface area (Å²) in [5.74, 6) is -0.670. The van der Waals surface area contributed by atoms with Crippen LogP contribution in [0.25, 0.3) is 0 Å². The largest absolute Gasteiger partial charge is 0.426 e. The van der Waals surface area contributed by atoms with Crippen LogP contribution in [0.5, 0.6) is 5.75 Å². The number of nitriles is 1. The lowest BCUT2D eigenvalue weighted by Gasteiger charge is -2.27. The third kappa shape index (κ3) is 4.71. The predicted octanol–water partition coefficient (Wildman–Crippen LogP) is 4.92. The summed E-state index contributed by atoms with van der Waals surface area (Å²) in [6.07, 6.45) is 7.36. The maximum Gasteiger partial charge on any atom is 0.314 e. The van der Waals surface area contributed by atoms with Crippen molar-refractivity contribution in [3.63, 3.8) is 0 Å². The van der Waals surface area contributed by atoms with E-state index < -0.39 is 5.82 Å². The van der Waals surface area contributed by atoms with Crippen LogP contribution in [0, 0.1) is 23.1 Å². The Morgan fingerprint density at radius 3 is 2.63 bits per heavy atom. The van der Waals surface area contributed by atoms with Gasteiger partial charge >= 0.3 is 5.97 Å². The molecule has 0 N–H and O–H groups in total. The van der Waals surface area contributed by atoms with E-state index in [4.69, 9.17) is 10.00 Å². The first-order valence-electron chi connectivity index (χ1n) is 9.47. The molecule has 1 aromatic carbocycles. The average molecular weight is 366 g/mol. The smallest absolute Gasteiger partial charge is 0.314 e. The second kappa shape index (κ2) is 8.77. The van der Waals surface area contributed by atoms with Crippen molar-refractivity contribution in [3.8, 4) is 11.8 Å². The Labute approximate surface area is 159 Å². The molecule has 0 bridgehead atoms. The molecular weight excluding hydrogens is 343 g/mol. The van der Waals surface area contributed by atoms with E-state index in [0.717, 1.165) is 50.3 Å². The number of carbonyl (C=O) groups is 1. The molecule has 27 heavy (non-hydrogen) atoms. The number of pyridine rings is 1. The van der Waals surface area contributed by atoms with Crippen LogP contribution in [-0.2, 0) is 11.2 Å². The van der Waals surface area contributed by atoms with Crippen molar-refractivity contribution < 1.29 is 13.9 Å². The zero-order valence-corrected chi connectivity index (χ0v) is 15.5. The highest BCUT2D eigenvalue weighted by molar-refractivity contribution is 5.75. The van der Waals surface area contributed by atoms with Crippen LogP contribution in [0.4, 0.5) is 4.39 Å². The topological polar surface area (TPSA) is 63.0 Å². The molecule has 1 aromatic heterocycles. The fourth-order valence-corrected chi connectivity index (χ4v) is 3.59. The Bertz CT molecular complexity index is 834. The van der Waals surface area contributed by atoms with Crippen molar-refractivity contribution >= 4 is 5.97 Å². The number of hydrogen-bond donors (Lipinski definition) is 0. The van der Waals surface area contributed by atoms with Gasteiger partial charge in [-0.1, -0.05) is 19.4 Å². The fourth-order valence-electron chi connectivity index (χ4n) is 3.59. The van der Waals surface area contributed by atoms with Gasteiger partial charge in [0.15, 0.2) is 0 Å². The molecule has 3 rings (SSSR count). The van der Waals surface area contributed by atoms with E-state index in [2.05, 4.69) is 24.0 Å². The summed E-state index contributed by atoms with van der Waals surface area (Å²) in [6.45, 7) is 2.15. The molecule has 0 aliphatic heterocycles. The number of nitrogens with zero attached hydrogens (tertiary/aromatic N) is 2. The molecule has 1 heterocycles. The minimum atomic E-state index is -0.677. The molecule has 2 aromatic rings. The van der Waals surface area contributed by atoms with Crippen molar-refractivity contribution in [1.82, 2.24) is 4.98 Å². The van der Waals surface area contributed by atoms with E-state index in [0.29, 0.717) is 5.92 Å². The summed E-state index contributed by atoms with van der Waals surface area (Å²) in [7, 11) is 0. The average Bonchev–Trinajstić information content (AvgIpc) is 2.69. The summed E-state index contributed by atoms with van der Waals surface area (Å²) < 4.78 is 19.0. The van der Waals surface area contributed by atoms with Crippen molar-refractivity contribution in [2.45, 2.75) is 51.4 Å². The van der Waals surface area contributed by atoms with Crippen LogP contribution >= 0.6 is 0 Å². The van der Waals surface area contributed by atoms with Gasteiger partial charge in [0.1, 0.15) is 17.6 Å². The molecule has 140 valence electrons. The minimum absolute atomic E-state index is 0.0623. The van der Waals surface area contributed by atoms with Crippen LogP contribution in [0.2, 0.25) is 0 Å². The van der Waals surface area contributed by atoms with Gasteiger partial charge in [0.05, 0.1) is 11.5 Å². The first kappa shape index (κ1) is 19.0.